The highest BCUT2D eigenvalue weighted by Gasteiger charge is 2.78. The molecule has 0 aromatic heterocycles. The van der Waals surface area contributed by atoms with Gasteiger partial charge in [-0.25, -0.2) is 0 Å². The van der Waals surface area contributed by atoms with Crippen molar-refractivity contribution in [2.24, 2.45) is 11.8 Å². The summed E-state index contributed by atoms with van der Waals surface area (Å²) in [6.07, 6.45) is 7.64. The number of carbonyl (C=O) groups is 3. The molecule has 1 aromatic carbocycles. The van der Waals surface area contributed by atoms with Gasteiger partial charge in [0.25, 0.3) is 0 Å². The van der Waals surface area contributed by atoms with Crippen molar-refractivity contribution >= 4 is 23.4 Å². The lowest BCUT2D eigenvalue weighted by Gasteiger charge is -2.37. The summed E-state index contributed by atoms with van der Waals surface area (Å²) in [7, 11) is 0. The number of unbranched alkanes of at least 4 members (excludes halogenated alkanes) is 3. The fraction of sp³-hybridized carbons (Fsp3) is 0.629. The van der Waals surface area contributed by atoms with Crippen LogP contribution in [0.2, 0.25) is 0 Å². The number of ether oxygens (including phenoxy) is 2. The fourth-order valence-corrected chi connectivity index (χ4v) is 8.00. The topological polar surface area (TPSA) is 103 Å². The van der Waals surface area contributed by atoms with E-state index in [1.807, 2.05) is 37.3 Å². The van der Waals surface area contributed by atoms with E-state index in [-0.39, 0.29) is 24.3 Å². The summed E-state index contributed by atoms with van der Waals surface area (Å²) < 4.78 is 12.4. The predicted octanol–water partition coefficient (Wildman–Crippen LogP) is 2.87. The van der Waals surface area contributed by atoms with Gasteiger partial charge < -0.3 is 29.3 Å². The molecule has 10 nitrogen and oxygen atoms in total. The zero-order chi connectivity index (χ0) is 32.0. The molecule has 4 saturated heterocycles. The van der Waals surface area contributed by atoms with Gasteiger partial charge >= 0.3 is 0 Å². The van der Waals surface area contributed by atoms with Gasteiger partial charge in [-0.05, 0) is 44.7 Å². The molecule has 10 heteroatoms. The first-order valence-corrected chi connectivity index (χ1v) is 16.6. The number of hydrogen-bond donors (Lipinski definition) is 1. The van der Waals surface area contributed by atoms with Crippen molar-refractivity contribution in [1.82, 2.24) is 14.7 Å². The Kier molecular flexibility index (Phi) is 10.8. The number of likely N-dealkylation sites (tertiary alicyclic amines) is 1. The monoisotopic (exact) mass is 622 g/mol. The number of carbonyl (C=O) groups excluding carboxylic acids is 3. The highest BCUT2D eigenvalue weighted by Crippen LogP contribution is 2.63. The lowest BCUT2D eigenvalue weighted by atomic mass is 9.66. The molecule has 2 bridgehead atoms. The quantitative estimate of drug-likeness (QED) is 0.224. The highest BCUT2D eigenvalue weighted by atomic mass is 16.5. The minimum Gasteiger partial charge on any atom is -0.396 e. The third-order valence-electron chi connectivity index (χ3n) is 10.2. The Morgan fingerprint density at radius 2 is 1.71 bits per heavy atom. The van der Waals surface area contributed by atoms with Crippen LogP contribution in [0.4, 0.5) is 5.69 Å². The zero-order valence-corrected chi connectivity index (χ0v) is 26.8. The molecule has 246 valence electrons. The van der Waals surface area contributed by atoms with Gasteiger partial charge in [-0.15, -0.1) is 13.2 Å². The Balaban J connectivity index is 1.47. The van der Waals surface area contributed by atoms with Crippen LogP contribution >= 0.6 is 0 Å². The van der Waals surface area contributed by atoms with Gasteiger partial charge in [-0.2, -0.15) is 0 Å². The zero-order valence-electron chi connectivity index (χ0n) is 26.8. The third kappa shape index (κ3) is 6.48. The van der Waals surface area contributed by atoms with Crippen molar-refractivity contribution < 1.29 is 29.0 Å². The number of para-hydroxylation sites is 1. The summed E-state index contributed by atoms with van der Waals surface area (Å²) in [6, 6.07) is 8.63. The summed E-state index contributed by atoms with van der Waals surface area (Å²) in [5.74, 6) is -1.96. The van der Waals surface area contributed by atoms with Crippen LogP contribution in [0.3, 0.4) is 0 Å². The molecule has 1 aromatic rings. The Labute approximate surface area is 267 Å². The van der Waals surface area contributed by atoms with E-state index < -0.39 is 29.1 Å². The highest BCUT2D eigenvalue weighted by molar-refractivity contribution is 6.03. The lowest BCUT2D eigenvalue weighted by Crippen LogP contribution is -2.57. The fourth-order valence-electron chi connectivity index (χ4n) is 8.00. The van der Waals surface area contributed by atoms with Gasteiger partial charge in [-0.1, -0.05) is 43.2 Å². The van der Waals surface area contributed by atoms with Crippen LogP contribution in [-0.2, 0) is 23.9 Å². The number of fused-ring (bicyclic) bond motifs is 1. The van der Waals surface area contributed by atoms with Gasteiger partial charge in [0, 0.05) is 58.1 Å². The average molecular weight is 623 g/mol. The molecule has 4 aliphatic rings. The van der Waals surface area contributed by atoms with Gasteiger partial charge in [0.15, 0.2) is 0 Å². The minimum atomic E-state index is -1.08. The normalized spacial score (nSPS) is 29.1. The number of nitrogens with zero attached hydrogens (tertiary/aromatic N) is 4. The van der Waals surface area contributed by atoms with E-state index in [0.29, 0.717) is 71.6 Å². The lowest BCUT2D eigenvalue weighted by molar-refractivity contribution is -0.151. The van der Waals surface area contributed by atoms with Gasteiger partial charge in [0.1, 0.15) is 11.6 Å². The van der Waals surface area contributed by atoms with Crippen LogP contribution < -0.4 is 4.90 Å². The van der Waals surface area contributed by atoms with E-state index in [2.05, 4.69) is 18.1 Å². The van der Waals surface area contributed by atoms with Crippen LogP contribution in [0, 0.1) is 11.8 Å². The molecule has 0 saturated carbocycles. The summed E-state index contributed by atoms with van der Waals surface area (Å²) in [5, 5.41) is 9.25. The molecule has 1 N–H and O–H groups in total. The summed E-state index contributed by atoms with van der Waals surface area (Å²) >= 11 is 0. The minimum absolute atomic E-state index is 0.132. The average Bonchev–Trinajstić information content (AvgIpc) is 3.62. The molecule has 5 atom stereocenters. The third-order valence-corrected chi connectivity index (χ3v) is 10.2. The maximum Gasteiger partial charge on any atom is 0.248 e. The van der Waals surface area contributed by atoms with Gasteiger partial charge in [0.05, 0.1) is 30.7 Å². The number of benzene rings is 1. The van der Waals surface area contributed by atoms with E-state index in [1.54, 1.807) is 26.9 Å². The SMILES string of the molecule is C=CCN(CCN1CCOCC1)C(=O)C1N(CCCCCCO)C(=O)[C@@H]2[C@@H](C(=O)N(CC=C)c3ccccc3)[C@@]3(C)CCC12O3. The Morgan fingerprint density at radius 1 is 1.00 bits per heavy atom. The van der Waals surface area contributed by atoms with E-state index in [9.17, 15) is 19.5 Å². The van der Waals surface area contributed by atoms with Crippen molar-refractivity contribution in [3.05, 3.63) is 55.6 Å². The van der Waals surface area contributed by atoms with Crippen LogP contribution in [0.15, 0.2) is 55.6 Å². The molecule has 4 aliphatic heterocycles. The smallest absolute Gasteiger partial charge is 0.248 e. The molecule has 3 amide bonds. The summed E-state index contributed by atoms with van der Waals surface area (Å²) in [4.78, 5) is 51.3. The van der Waals surface area contributed by atoms with E-state index in [4.69, 9.17) is 9.47 Å². The van der Waals surface area contributed by atoms with Crippen LogP contribution in [0.1, 0.15) is 45.4 Å². The number of morpholine rings is 1. The van der Waals surface area contributed by atoms with Crippen LogP contribution in [0.25, 0.3) is 0 Å². The van der Waals surface area contributed by atoms with E-state index in [0.717, 1.165) is 31.6 Å². The van der Waals surface area contributed by atoms with E-state index >= 15 is 0 Å². The number of rotatable bonds is 16. The molecular weight excluding hydrogens is 572 g/mol. The molecule has 5 rings (SSSR count). The van der Waals surface area contributed by atoms with Crippen molar-refractivity contribution in [1.29, 1.82) is 0 Å². The maximum atomic E-state index is 14.7. The molecule has 0 radical (unpaired) electrons. The number of amides is 3. The first-order chi connectivity index (χ1) is 21.8. The molecule has 0 aliphatic carbocycles. The van der Waals surface area contributed by atoms with Crippen LogP contribution in [-0.4, -0.2) is 120 Å². The Bertz CT molecular complexity index is 1220. The first kappa shape index (κ1) is 33.3. The number of anilines is 1. The standard InChI is InChI=1S/C35H50N4O6/c1-4-17-37(21-20-36-22-25-44-26-23-36)33(43)30-35-16-15-34(3,45-35)28(29(35)32(42)39(30)19-11-6-7-12-24-40)31(41)38(18-5-2)27-13-9-8-10-14-27/h4-5,8-10,13-14,28-30,40H,1-2,6-7,11-12,15-26H2,3H3/t28-,29-,30?,34+,35?/m0/s1. The van der Waals surface area contributed by atoms with Crippen molar-refractivity contribution in [2.75, 3.05) is 70.5 Å². The van der Waals surface area contributed by atoms with Crippen molar-refractivity contribution in [3.63, 3.8) is 0 Å². The summed E-state index contributed by atoms with van der Waals surface area (Å²) in [6.45, 7) is 15.1. The Morgan fingerprint density at radius 3 is 2.40 bits per heavy atom. The first-order valence-electron chi connectivity index (χ1n) is 16.6. The van der Waals surface area contributed by atoms with E-state index in [1.165, 1.54) is 0 Å². The molecule has 4 fully saturated rings. The van der Waals surface area contributed by atoms with Crippen LogP contribution in [0.5, 0.6) is 0 Å². The van der Waals surface area contributed by atoms with Gasteiger partial charge in [-0.3, -0.25) is 19.3 Å². The Hall–Kier alpha value is -3.05. The predicted molar refractivity (Wildman–Crippen MR) is 173 cm³/mol. The molecule has 45 heavy (non-hydrogen) atoms. The molecular formula is C35H50N4O6. The second kappa shape index (κ2) is 14.6. The molecule has 2 unspecified atom stereocenters. The second-order valence-corrected chi connectivity index (χ2v) is 13.0. The number of aliphatic hydroxyl groups is 1. The molecule has 1 spiro atoms. The number of hydrogen-bond acceptors (Lipinski definition) is 7. The van der Waals surface area contributed by atoms with Crippen molar-refractivity contribution in [2.45, 2.75) is 62.7 Å². The van der Waals surface area contributed by atoms with Crippen molar-refractivity contribution in [3.8, 4) is 0 Å². The summed E-state index contributed by atoms with van der Waals surface area (Å²) in [5.41, 5.74) is -1.21. The largest absolute Gasteiger partial charge is 0.396 e. The number of aliphatic hydroxyl groups excluding tert-OH is 1. The second-order valence-electron chi connectivity index (χ2n) is 13.0. The molecule has 4 heterocycles. The maximum absolute atomic E-state index is 14.7. The van der Waals surface area contributed by atoms with Gasteiger partial charge in [0.2, 0.25) is 17.7 Å².